The molecule has 8 heteroatoms. The number of rotatable bonds is 6. The molecular formula is C19H26BrIN4OS. The van der Waals surface area contributed by atoms with Gasteiger partial charge in [-0.2, -0.15) is 0 Å². The Morgan fingerprint density at radius 2 is 2.11 bits per heavy atom. The molecular weight excluding hydrogens is 539 g/mol. The van der Waals surface area contributed by atoms with E-state index in [1.54, 1.807) is 0 Å². The van der Waals surface area contributed by atoms with Crippen molar-refractivity contribution in [3.63, 3.8) is 0 Å². The van der Waals surface area contributed by atoms with E-state index in [0.29, 0.717) is 19.2 Å². The summed E-state index contributed by atoms with van der Waals surface area (Å²) < 4.78 is 6.77. The lowest BCUT2D eigenvalue weighted by Crippen LogP contribution is -2.49. The van der Waals surface area contributed by atoms with E-state index in [1.807, 2.05) is 42.6 Å². The lowest BCUT2D eigenvalue weighted by atomic mass is 10.1. The van der Waals surface area contributed by atoms with Gasteiger partial charge in [0.05, 0.1) is 11.5 Å². The topological polar surface area (TPSA) is 48.9 Å². The third kappa shape index (κ3) is 7.15. The molecule has 0 bridgehead atoms. The van der Waals surface area contributed by atoms with Crippen molar-refractivity contribution in [2.24, 2.45) is 4.99 Å². The largest absolute Gasteiger partial charge is 0.492 e. The van der Waals surface area contributed by atoms with E-state index >= 15 is 0 Å². The van der Waals surface area contributed by atoms with Crippen LogP contribution in [0.4, 0.5) is 5.00 Å². The number of ether oxygens (including phenoxy) is 1. The predicted octanol–water partition coefficient (Wildman–Crippen LogP) is 4.34. The smallest absolute Gasteiger partial charge is 0.191 e. The number of aliphatic imine (C=N–C) groups is 1. The summed E-state index contributed by atoms with van der Waals surface area (Å²) >= 11 is 5.26. The van der Waals surface area contributed by atoms with Crippen LogP contribution >= 0.6 is 51.2 Å². The number of hydrogen-bond donors (Lipinski definition) is 2. The van der Waals surface area contributed by atoms with Crippen LogP contribution in [-0.4, -0.2) is 45.3 Å². The summed E-state index contributed by atoms with van der Waals surface area (Å²) in [5.74, 6) is 1.71. The Morgan fingerprint density at radius 1 is 1.30 bits per heavy atom. The van der Waals surface area contributed by atoms with Crippen molar-refractivity contribution < 1.29 is 4.74 Å². The standard InChI is InChI=1S/C19H25BrN4OS.HI/c1-21-19(22-9-12-25-17-5-2-4-15(20)14-17)23-16-7-10-24(11-8-16)18-6-3-13-26-18;/h2-6,13-14,16H,7-12H2,1H3,(H2,21,22,23);1H. The Bertz CT molecular complexity index is 705. The van der Waals surface area contributed by atoms with Crippen molar-refractivity contribution in [1.82, 2.24) is 10.6 Å². The number of nitrogens with zero attached hydrogens (tertiary/aromatic N) is 2. The molecule has 2 heterocycles. The molecule has 1 aromatic carbocycles. The molecule has 0 radical (unpaired) electrons. The molecule has 3 rings (SSSR count). The van der Waals surface area contributed by atoms with Crippen LogP contribution in [0.15, 0.2) is 51.2 Å². The maximum Gasteiger partial charge on any atom is 0.191 e. The Morgan fingerprint density at radius 3 is 2.78 bits per heavy atom. The zero-order chi connectivity index (χ0) is 18.2. The first-order chi connectivity index (χ1) is 12.7. The second-order valence-electron chi connectivity index (χ2n) is 6.16. The monoisotopic (exact) mass is 564 g/mol. The van der Waals surface area contributed by atoms with Crippen molar-refractivity contribution in [2.75, 3.05) is 38.2 Å². The van der Waals surface area contributed by atoms with Crippen LogP contribution in [0, 0.1) is 0 Å². The number of guanidine groups is 1. The summed E-state index contributed by atoms with van der Waals surface area (Å²) in [6.45, 7) is 3.47. The van der Waals surface area contributed by atoms with Crippen molar-refractivity contribution in [1.29, 1.82) is 0 Å². The number of piperidine rings is 1. The highest BCUT2D eigenvalue weighted by Gasteiger charge is 2.20. The second kappa shape index (κ2) is 11.8. The van der Waals surface area contributed by atoms with Gasteiger partial charge in [0.2, 0.25) is 0 Å². The molecule has 2 N–H and O–H groups in total. The van der Waals surface area contributed by atoms with Crippen LogP contribution in [0.1, 0.15) is 12.8 Å². The maximum atomic E-state index is 5.75. The number of halogens is 2. The van der Waals surface area contributed by atoms with Gasteiger partial charge in [-0.25, -0.2) is 0 Å². The Hall–Kier alpha value is -1.000. The van der Waals surface area contributed by atoms with Gasteiger partial charge in [0.15, 0.2) is 5.96 Å². The number of anilines is 1. The van der Waals surface area contributed by atoms with Crippen LogP contribution in [0.5, 0.6) is 5.75 Å². The second-order valence-corrected chi connectivity index (χ2v) is 8.00. The van der Waals surface area contributed by atoms with E-state index in [9.17, 15) is 0 Å². The van der Waals surface area contributed by atoms with E-state index in [2.05, 4.69) is 54.0 Å². The SMILES string of the molecule is CN=C(NCCOc1cccc(Br)c1)NC1CCN(c2cccs2)CC1.I. The van der Waals surface area contributed by atoms with Crippen LogP contribution < -0.4 is 20.3 Å². The summed E-state index contributed by atoms with van der Waals surface area (Å²) in [6.07, 6.45) is 2.24. The minimum absolute atomic E-state index is 0. The van der Waals surface area contributed by atoms with Crippen molar-refractivity contribution in [3.05, 3.63) is 46.3 Å². The van der Waals surface area contributed by atoms with E-state index in [-0.39, 0.29) is 24.0 Å². The highest BCUT2D eigenvalue weighted by molar-refractivity contribution is 14.0. The van der Waals surface area contributed by atoms with Gasteiger partial charge in [0.1, 0.15) is 12.4 Å². The molecule has 1 aliphatic heterocycles. The maximum absolute atomic E-state index is 5.75. The number of thiophene rings is 1. The summed E-state index contributed by atoms with van der Waals surface area (Å²) in [6, 6.07) is 12.7. The quantitative estimate of drug-likeness (QED) is 0.237. The van der Waals surface area contributed by atoms with Crippen LogP contribution in [0.2, 0.25) is 0 Å². The predicted molar refractivity (Wildman–Crippen MR) is 129 cm³/mol. The van der Waals surface area contributed by atoms with Gasteiger partial charge in [-0.15, -0.1) is 35.3 Å². The molecule has 0 unspecified atom stereocenters. The van der Waals surface area contributed by atoms with Gasteiger partial charge >= 0.3 is 0 Å². The molecule has 0 spiro atoms. The summed E-state index contributed by atoms with van der Waals surface area (Å²) in [4.78, 5) is 6.79. The van der Waals surface area contributed by atoms with E-state index < -0.39 is 0 Å². The number of hydrogen-bond acceptors (Lipinski definition) is 4. The molecule has 1 aliphatic rings. The van der Waals surface area contributed by atoms with Crippen LogP contribution in [-0.2, 0) is 0 Å². The Labute approximate surface area is 190 Å². The fourth-order valence-electron chi connectivity index (χ4n) is 2.98. The summed E-state index contributed by atoms with van der Waals surface area (Å²) in [5.41, 5.74) is 0. The first kappa shape index (κ1) is 22.3. The zero-order valence-corrected chi connectivity index (χ0v) is 20.1. The van der Waals surface area contributed by atoms with Gasteiger partial charge < -0.3 is 20.3 Å². The Balaban J connectivity index is 0.00000261. The van der Waals surface area contributed by atoms with Gasteiger partial charge in [-0.1, -0.05) is 22.0 Å². The molecule has 27 heavy (non-hydrogen) atoms. The van der Waals surface area contributed by atoms with E-state index in [0.717, 1.165) is 42.1 Å². The Kier molecular flexibility index (Phi) is 9.70. The third-order valence-electron chi connectivity index (χ3n) is 4.34. The first-order valence-corrected chi connectivity index (χ1v) is 10.6. The third-order valence-corrected chi connectivity index (χ3v) is 5.76. The van der Waals surface area contributed by atoms with Crippen molar-refractivity contribution in [3.8, 4) is 5.75 Å². The number of benzene rings is 1. The van der Waals surface area contributed by atoms with Gasteiger partial charge in [-0.05, 0) is 48.6 Å². The fraction of sp³-hybridized carbons (Fsp3) is 0.421. The van der Waals surface area contributed by atoms with Crippen molar-refractivity contribution >= 4 is 62.2 Å². The van der Waals surface area contributed by atoms with Crippen LogP contribution in [0.3, 0.4) is 0 Å². The summed E-state index contributed by atoms with van der Waals surface area (Å²) in [7, 11) is 1.81. The molecule has 148 valence electrons. The molecule has 0 aliphatic carbocycles. The van der Waals surface area contributed by atoms with Crippen molar-refractivity contribution in [2.45, 2.75) is 18.9 Å². The highest BCUT2D eigenvalue weighted by Crippen LogP contribution is 2.24. The fourth-order valence-corrected chi connectivity index (χ4v) is 4.14. The molecule has 1 aromatic heterocycles. The average molecular weight is 565 g/mol. The molecule has 5 nitrogen and oxygen atoms in total. The first-order valence-electron chi connectivity index (χ1n) is 8.88. The van der Waals surface area contributed by atoms with Gasteiger partial charge in [0.25, 0.3) is 0 Å². The van der Waals surface area contributed by atoms with E-state index in [4.69, 9.17) is 4.74 Å². The lowest BCUT2D eigenvalue weighted by Gasteiger charge is -2.33. The zero-order valence-electron chi connectivity index (χ0n) is 15.4. The highest BCUT2D eigenvalue weighted by atomic mass is 127. The minimum Gasteiger partial charge on any atom is -0.492 e. The molecule has 0 amide bonds. The van der Waals surface area contributed by atoms with Crippen LogP contribution in [0.25, 0.3) is 0 Å². The van der Waals surface area contributed by atoms with Gasteiger partial charge in [-0.3, -0.25) is 4.99 Å². The molecule has 1 fully saturated rings. The molecule has 1 saturated heterocycles. The molecule has 0 atom stereocenters. The normalized spacial score (nSPS) is 15.2. The minimum atomic E-state index is 0. The molecule has 2 aromatic rings. The average Bonchev–Trinajstić information content (AvgIpc) is 3.19. The molecule has 0 saturated carbocycles. The number of nitrogens with one attached hydrogen (secondary N) is 2. The van der Waals surface area contributed by atoms with Gasteiger partial charge in [0, 0.05) is 30.7 Å². The van der Waals surface area contributed by atoms with E-state index in [1.165, 1.54) is 5.00 Å². The lowest BCUT2D eigenvalue weighted by molar-refractivity contribution is 0.321. The summed E-state index contributed by atoms with van der Waals surface area (Å²) in [5, 5.41) is 10.4.